The van der Waals surface area contributed by atoms with Crippen LogP contribution >= 0.6 is 0 Å². The van der Waals surface area contributed by atoms with E-state index in [1.165, 1.54) is 22.6 Å². The number of nitrogen functional groups attached to an aromatic ring is 1. The third-order valence-corrected chi connectivity index (χ3v) is 4.55. The Morgan fingerprint density at radius 1 is 0.931 bits per heavy atom. The Labute approximate surface area is 163 Å². The number of anilines is 1. The van der Waals surface area contributed by atoms with Crippen molar-refractivity contribution in [2.45, 2.75) is 6.18 Å². The lowest BCUT2D eigenvalue weighted by Crippen LogP contribution is -2.09. The molecule has 4 rings (SSSR count). The number of hydrogen-bond donors (Lipinski definition) is 2. The molecule has 3 N–H and O–H groups in total. The largest absolute Gasteiger partial charge is 0.417 e. The van der Waals surface area contributed by atoms with Crippen LogP contribution in [0, 0.1) is 0 Å². The summed E-state index contributed by atoms with van der Waals surface area (Å²) in [5.74, 6) is -0.0268. The summed E-state index contributed by atoms with van der Waals surface area (Å²) in [4.78, 5) is 4.18. The summed E-state index contributed by atoms with van der Waals surface area (Å²) in [5.41, 5.74) is 7.03. The van der Waals surface area contributed by atoms with Crippen molar-refractivity contribution in [3.8, 4) is 11.3 Å². The van der Waals surface area contributed by atoms with E-state index in [9.17, 15) is 18.4 Å². The third kappa shape index (κ3) is 3.29. The fourth-order valence-electron chi connectivity index (χ4n) is 3.29. The van der Waals surface area contributed by atoms with Crippen LogP contribution in [-0.2, 0) is 6.18 Å². The number of halogens is 3. The van der Waals surface area contributed by atoms with Gasteiger partial charge in [0.1, 0.15) is 11.4 Å². The molecule has 2 heterocycles. The van der Waals surface area contributed by atoms with Gasteiger partial charge in [0.2, 0.25) is 0 Å². The molecule has 5 nitrogen and oxygen atoms in total. The van der Waals surface area contributed by atoms with Crippen molar-refractivity contribution in [3.63, 3.8) is 0 Å². The van der Waals surface area contributed by atoms with Crippen LogP contribution in [0.4, 0.5) is 19.0 Å². The minimum atomic E-state index is -4.55. The summed E-state index contributed by atoms with van der Waals surface area (Å²) in [5, 5.41) is 12.9. The average molecular weight is 396 g/mol. The maximum absolute atomic E-state index is 13.5. The summed E-state index contributed by atoms with van der Waals surface area (Å²) >= 11 is 0. The Hall–Kier alpha value is -3.81. The first kappa shape index (κ1) is 18.5. The predicted molar refractivity (Wildman–Crippen MR) is 104 cm³/mol. The Kier molecular flexibility index (Phi) is 4.46. The first-order chi connectivity index (χ1) is 13.9. The maximum atomic E-state index is 13.5. The summed E-state index contributed by atoms with van der Waals surface area (Å²) < 4.78 is 42.1. The normalized spacial score (nSPS) is 12.4. The Morgan fingerprint density at radius 2 is 1.62 bits per heavy atom. The minimum Gasteiger partial charge on any atom is -0.410 e. The number of hydrogen-bond acceptors (Lipinski definition) is 4. The molecular formula is C21H15F3N4O. The number of imidazole rings is 1. The fourth-order valence-corrected chi connectivity index (χ4v) is 3.29. The Morgan fingerprint density at radius 3 is 2.31 bits per heavy atom. The molecule has 4 aromatic rings. The zero-order chi connectivity index (χ0) is 20.6. The quantitative estimate of drug-likeness (QED) is 0.296. The Bertz CT molecular complexity index is 1210. The van der Waals surface area contributed by atoms with Gasteiger partial charge in [-0.05, 0) is 18.2 Å². The van der Waals surface area contributed by atoms with Gasteiger partial charge in [-0.1, -0.05) is 53.7 Å². The number of fused-ring (bicyclic) bond motifs is 1. The van der Waals surface area contributed by atoms with E-state index in [1.807, 2.05) is 6.07 Å². The molecule has 0 bridgehead atoms. The summed E-state index contributed by atoms with van der Waals surface area (Å²) in [6.07, 6.45) is -2.99. The minimum absolute atomic E-state index is 0.0268. The summed E-state index contributed by atoms with van der Waals surface area (Å²) in [6.45, 7) is 0. The summed E-state index contributed by atoms with van der Waals surface area (Å²) in [7, 11) is 0. The second-order valence-corrected chi connectivity index (χ2v) is 6.35. The zero-order valence-electron chi connectivity index (χ0n) is 14.9. The number of aromatic nitrogens is 2. The van der Waals surface area contributed by atoms with Gasteiger partial charge < -0.3 is 10.9 Å². The lowest BCUT2D eigenvalue weighted by atomic mass is 10.0. The van der Waals surface area contributed by atoms with E-state index in [0.29, 0.717) is 16.8 Å². The van der Waals surface area contributed by atoms with E-state index < -0.39 is 11.7 Å². The average Bonchev–Trinajstić information content (AvgIpc) is 3.04. The fraction of sp³-hybridized carbons (Fsp3) is 0.0476. The van der Waals surface area contributed by atoms with Crippen LogP contribution in [0.2, 0.25) is 0 Å². The SMILES string of the molecule is Nc1nc2ccc(/C(=N/O)c3ccccc3)cn2c1-c1ccccc1C(F)(F)F. The van der Waals surface area contributed by atoms with Gasteiger partial charge in [-0.25, -0.2) is 4.98 Å². The van der Waals surface area contributed by atoms with Crippen LogP contribution in [0.1, 0.15) is 16.7 Å². The number of rotatable bonds is 3. The van der Waals surface area contributed by atoms with Gasteiger partial charge in [0.05, 0.1) is 11.3 Å². The molecule has 0 saturated carbocycles. The number of nitrogens with zero attached hydrogens (tertiary/aromatic N) is 3. The van der Waals surface area contributed by atoms with Crippen LogP contribution in [0.15, 0.2) is 78.1 Å². The lowest BCUT2D eigenvalue weighted by Gasteiger charge is -2.13. The van der Waals surface area contributed by atoms with Gasteiger partial charge in [0, 0.05) is 22.9 Å². The number of benzene rings is 2. The first-order valence-electron chi connectivity index (χ1n) is 8.62. The van der Waals surface area contributed by atoms with Crippen molar-refractivity contribution in [2.75, 3.05) is 5.73 Å². The van der Waals surface area contributed by atoms with Crippen LogP contribution < -0.4 is 5.73 Å². The van der Waals surface area contributed by atoms with Gasteiger partial charge >= 0.3 is 6.18 Å². The van der Waals surface area contributed by atoms with Crippen LogP contribution in [0.5, 0.6) is 0 Å². The van der Waals surface area contributed by atoms with Gasteiger partial charge in [0.15, 0.2) is 5.82 Å². The van der Waals surface area contributed by atoms with Crippen molar-refractivity contribution < 1.29 is 18.4 Å². The second kappa shape index (κ2) is 6.97. The molecule has 146 valence electrons. The van der Waals surface area contributed by atoms with Gasteiger partial charge in [-0.3, -0.25) is 4.40 Å². The molecule has 0 fully saturated rings. The highest BCUT2D eigenvalue weighted by molar-refractivity contribution is 6.12. The molecule has 2 aromatic heterocycles. The van der Waals surface area contributed by atoms with Crippen LogP contribution in [0.3, 0.4) is 0 Å². The molecule has 0 saturated heterocycles. The highest BCUT2D eigenvalue weighted by Gasteiger charge is 2.34. The van der Waals surface area contributed by atoms with E-state index in [-0.39, 0.29) is 22.8 Å². The highest BCUT2D eigenvalue weighted by atomic mass is 19.4. The second-order valence-electron chi connectivity index (χ2n) is 6.35. The van der Waals surface area contributed by atoms with Crippen molar-refractivity contribution in [2.24, 2.45) is 5.16 Å². The van der Waals surface area contributed by atoms with Crippen LogP contribution in [-0.4, -0.2) is 20.3 Å². The van der Waals surface area contributed by atoms with Crippen molar-refractivity contribution in [3.05, 3.63) is 89.6 Å². The third-order valence-electron chi connectivity index (χ3n) is 4.55. The molecule has 0 aliphatic rings. The van der Waals surface area contributed by atoms with Gasteiger partial charge in [0.25, 0.3) is 0 Å². The van der Waals surface area contributed by atoms with Crippen molar-refractivity contribution in [1.29, 1.82) is 0 Å². The molecule has 0 radical (unpaired) electrons. The van der Waals surface area contributed by atoms with Crippen molar-refractivity contribution >= 4 is 17.2 Å². The van der Waals surface area contributed by atoms with Gasteiger partial charge in [-0.15, -0.1) is 0 Å². The molecule has 0 unspecified atom stereocenters. The van der Waals surface area contributed by atoms with E-state index in [2.05, 4.69) is 10.1 Å². The highest BCUT2D eigenvalue weighted by Crippen LogP contribution is 2.39. The summed E-state index contributed by atoms with van der Waals surface area (Å²) in [6, 6.07) is 17.4. The van der Waals surface area contributed by atoms with E-state index in [1.54, 1.807) is 42.6 Å². The molecular weight excluding hydrogens is 381 g/mol. The number of pyridine rings is 1. The number of nitrogens with two attached hydrogens (primary N) is 1. The number of alkyl halides is 3. The smallest absolute Gasteiger partial charge is 0.410 e. The van der Waals surface area contributed by atoms with Crippen molar-refractivity contribution in [1.82, 2.24) is 9.38 Å². The van der Waals surface area contributed by atoms with E-state index >= 15 is 0 Å². The standard InChI is InChI=1S/C21H15F3N4O/c22-21(23,24)16-9-5-4-8-15(16)19-20(25)26-17-11-10-14(12-28(17)19)18(27-29)13-6-2-1-3-7-13/h1-12,29H,25H2/b27-18+. The molecule has 29 heavy (non-hydrogen) atoms. The molecule has 0 amide bonds. The monoisotopic (exact) mass is 396 g/mol. The topological polar surface area (TPSA) is 75.9 Å². The van der Waals surface area contributed by atoms with E-state index in [4.69, 9.17) is 5.73 Å². The number of oxime groups is 1. The van der Waals surface area contributed by atoms with Crippen LogP contribution in [0.25, 0.3) is 16.9 Å². The molecule has 0 atom stereocenters. The molecule has 2 aromatic carbocycles. The molecule has 0 spiro atoms. The molecule has 0 aliphatic heterocycles. The molecule has 0 aliphatic carbocycles. The van der Waals surface area contributed by atoms with E-state index in [0.717, 1.165) is 6.07 Å². The van der Waals surface area contributed by atoms with Gasteiger partial charge in [-0.2, -0.15) is 13.2 Å². The maximum Gasteiger partial charge on any atom is 0.417 e. The Balaban J connectivity index is 1.95. The first-order valence-corrected chi connectivity index (χ1v) is 8.62. The lowest BCUT2D eigenvalue weighted by molar-refractivity contribution is -0.137. The zero-order valence-corrected chi connectivity index (χ0v) is 14.9. The predicted octanol–water partition coefficient (Wildman–Crippen LogP) is 4.83. The molecule has 8 heteroatoms.